The molecule has 0 aliphatic heterocycles. The molecule has 0 aliphatic carbocycles. The van der Waals surface area contributed by atoms with Crippen molar-refractivity contribution in [1.82, 2.24) is 4.90 Å². The number of amides is 1. The zero-order valence-corrected chi connectivity index (χ0v) is 12.8. The van der Waals surface area contributed by atoms with Crippen molar-refractivity contribution in [1.29, 1.82) is 0 Å². The van der Waals surface area contributed by atoms with Gasteiger partial charge >= 0.3 is 5.97 Å². The van der Waals surface area contributed by atoms with Gasteiger partial charge < -0.3 is 10.0 Å². The predicted molar refractivity (Wildman–Crippen MR) is 79.4 cm³/mol. The molecule has 0 saturated carbocycles. The van der Waals surface area contributed by atoms with Gasteiger partial charge in [-0.1, -0.05) is 32.9 Å². The predicted octanol–water partition coefficient (Wildman–Crippen LogP) is 2.46. The van der Waals surface area contributed by atoms with Crippen LogP contribution < -0.4 is 0 Å². The molecule has 0 saturated heterocycles. The Morgan fingerprint density at radius 1 is 1.10 bits per heavy atom. The van der Waals surface area contributed by atoms with Gasteiger partial charge in [-0.05, 0) is 19.1 Å². The number of carboxylic acids is 1. The Bertz CT molecular complexity index is 558. The number of likely N-dealkylation sites (N-methyl/N-ethyl adjacent to an activating group) is 1. The van der Waals surface area contributed by atoms with Crippen molar-refractivity contribution in [2.75, 3.05) is 13.1 Å². The van der Waals surface area contributed by atoms with Gasteiger partial charge in [0.05, 0.1) is 17.7 Å². The SMILES string of the molecule is CCN(CC(=O)C(C)(C)C)C(=O)c1ccccc1C(=O)O. The first-order valence-electron chi connectivity index (χ1n) is 6.83. The fourth-order valence-corrected chi connectivity index (χ4v) is 1.76. The minimum absolute atomic E-state index is 0.0210. The molecule has 0 aromatic heterocycles. The summed E-state index contributed by atoms with van der Waals surface area (Å²) in [4.78, 5) is 37.1. The summed E-state index contributed by atoms with van der Waals surface area (Å²) in [5, 5.41) is 9.14. The van der Waals surface area contributed by atoms with Crippen LogP contribution in [0.5, 0.6) is 0 Å². The number of ketones is 1. The van der Waals surface area contributed by atoms with Crippen molar-refractivity contribution >= 4 is 17.7 Å². The van der Waals surface area contributed by atoms with Crippen LogP contribution >= 0.6 is 0 Å². The number of carbonyl (C=O) groups excluding carboxylic acids is 2. The van der Waals surface area contributed by atoms with E-state index in [1.54, 1.807) is 39.8 Å². The highest BCUT2D eigenvalue weighted by Gasteiger charge is 2.27. The maximum absolute atomic E-state index is 12.5. The highest BCUT2D eigenvalue weighted by atomic mass is 16.4. The summed E-state index contributed by atoms with van der Waals surface area (Å²) in [6, 6.07) is 6.03. The minimum atomic E-state index is -1.16. The van der Waals surface area contributed by atoms with Gasteiger partial charge in [-0.15, -0.1) is 0 Å². The second-order valence-electron chi connectivity index (χ2n) is 5.84. The van der Waals surface area contributed by atoms with Crippen LogP contribution in [0, 0.1) is 5.41 Å². The fraction of sp³-hybridized carbons (Fsp3) is 0.438. The van der Waals surface area contributed by atoms with Crippen LogP contribution in [0.4, 0.5) is 0 Å². The van der Waals surface area contributed by atoms with E-state index in [1.165, 1.54) is 17.0 Å². The van der Waals surface area contributed by atoms with Crippen LogP contribution in [0.25, 0.3) is 0 Å². The van der Waals surface area contributed by atoms with Crippen molar-refractivity contribution in [2.24, 2.45) is 5.41 Å². The largest absolute Gasteiger partial charge is 0.478 e. The number of rotatable bonds is 5. The lowest BCUT2D eigenvalue weighted by atomic mass is 9.90. The Labute approximate surface area is 124 Å². The molecule has 0 aliphatic rings. The highest BCUT2D eigenvalue weighted by molar-refractivity contribution is 6.05. The topological polar surface area (TPSA) is 74.7 Å². The molecule has 0 heterocycles. The molecule has 114 valence electrons. The Kier molecular flexibility index (Phi) is 5.24. The van der Waals surface area contributed by atoms with Gasteiger partial charge in [0.1, 0.15) is 0 Å². The summed E-state index contributed by atoms with van der Waals surface area (Å²) >= 11 is 0. The van der Waals surface area contributed by atoms with Gasteiger partial charge in [0, 0.05) is 12.0 Å². The van der Waals surface area contributed by atoms with Crippen LogP contribution in [0.1, 0.15) is 48.4 Å². The third-order valence-corrected chi connectivity index (χ3v) is 3.23. The van der Waals surface area contributed by atoms with Gasteiger partial charge in [0.25, 0.3) is 5.91 Å². The molecule has 5 heteroatoms. The zero-order valence-electron chi connectivity index (χ0n) is 12.8. The molecule has 5 nitrogen and oxygen atoms in total. The number of benzene rings is 1. The van der Waals surface area contributed by atoms with E-state index in [4.69, 9.17) is 5.11 Å². The number of Topliss-reactive ketones (excluding diaryl/α,β-unsaturated/α-hetero) is 1. The first-order chi connectivity index (χ1) is 9.68. The lowest BCUT2D eigenvalue weighted by Crippen LogP contribution is -2.40. The van der Waals surface area contributed by atoms with Crippen molar-refractivity contribution in [3.05, 3.63) is 35.4 Å². The van der Waals surface area contributed by atoms with E-state index in [-0.39, 0.29) is 23.5 Å². The summed E-state index contributed by atoms with van der Waals surface area (Å²) in [5.74, 6) is -1.66. The molecule has 1 aromatic carbocycles. The van der Waals surface area contributed by atoms with E-state index in [0.717, 1.165) is 0 Å². The summed E-state index contributed by atoms with van der Waals surface area (Å²) in [5.41, 5.74) is -0.488. The Morgan fingerprint density at radius 3 is 2.05 bits per heavy atom. The van der Waals surface area contributed by atoms with Gasteiger partial charge in [-0.3, -0.25) is 9.59 Å². The third-order valence-electron chi connectivity index (χ3n) is 3.23. The molecule has 1 N–H and O–H groups in total. The Morgan fingerprint density at radius 2 is 1.62 bits per heavy atom. The lowest BCUT2D eigenvalue weighted by molar-refractivity contribution is -0.126. The smallest absolute Gasteiger partial charge is 0.336 e. The summed E-state index contributed by atoms with van der Waals surface area (Å²) in [6.45, 7) is 7.45. The second kappa shape index (κ2) is 6.52. The number of carbonyl (C=O) groups is 3. The number of carboxylic acid groups (broad SMARTS) is 1. The molecule has 1 amide bonds. The van der Waals surface area contributed by atoms with Crippen molar-refractivity contribution in [3.63, 3.8) is 0 Å². The second-order valence-corrected chi connectivity index (χ2v) is 5.84. The normalized spacial score (nSPS) is 11.0. The average Bonchev–Trinajstić information content (AvgIpc) is 2.42. The molecule has 0 atom stereocenters. The molecule has 0 bridgehead atoms. The van der Waals surface area contributed by atoms with Crippen molar-refractivity contribution in [3.8, 4) is 0 Å². The zero-order chi connectivity index (χ0) is 16.2. The fourth-order valence-electron chi connectivity index (χ4n) is 1.76. The number of aromatic carboxylic acids is 1. The van der Waals surface area contributed by atoms with E-state index in [1.807, 2.05) is 0 Å². The monoisotopic (exact) mass is 291 g/mol. The maximum atomic E-state index is 12.5. The van der Waals surface area contributed by atoms with E-state index < -0.39 is 17.3 Å². The van der Waals surface area contributed by atoms with Crippen molar-refractivity contribution < 1.29 is 19.5 Å². The highest BCUT2D eigenvalue weighted by Crippen LogP contribution is 2.17. The van der Waals surface area contributed by atoms with Gasteiger partial charge in [-0.2, -0.15) is 0 Å². The van der Waals surface area contributed by atoms with Gasteiger partial charge in [-0.25, -0.2) is 4.79 Å². The molecule has 21 heavy (non-hydrogen) atoms. The van der Waals surface area contributed by atoms with E-state index in [2.05, 4.69) is 0 Å². The maximum Gasteiger partial charge on any atom is 0.336 e. The van der Waals surface area contributed by atoms with Gasteiger partial charge in [0.15, 0.2) is 5.78 Å². The summed E-state index contributed by atoms with van der Waals surface area (Å²) < 4.78 is 0. The van der Waals surface area contributed by atoms with E-state index >= 15 is 0 Å². The Hall–Kier alpha value is -2.17. The summed E-state index contributed by atoms with van der Waals surface area (Å²) in [6.07, 6.45) is 0. The van der Waals surface area contributed by atoms with E-state index in [9.17, 15) is 14.4 Å². The number of hydrogen-bond donors (Lipinski definition) is 1. The molecular weight excluding hydrogens is 270 g/mol. The Balaban J connectivity index is 3.05. The molecule has 1 rings (SSSR count). The average molecular weight is 291 g/mol. The molecule has 1 aromatic rings. The number of hydrogen-bond acceptors (Lipinski definition) is 3. The third kappa shape index (κ3) is 4.15. The standard InChI is InChI=1S/C16H21NO4/c1-5-17(10-13(18)16(2,3)4)14(19)11-8-6-7-9-12(11)15(20)21/h6-9H,5,10H2,1-4H3,(H,20,21). The first-order valence-corrected chi connectivity index (χ1v) is 6.83. The summed E-state index contributed by atoms with van der Waals surface area (Å²) in [7, 11) is 0. The quantitative estimate of drug-likeness (QED) is 0.904. The molecule has 0 spiro atoms. The number of nitrogens with zero attached hydrogens (tertiary/aromatic N) is 1. The molecule has 0 fully saturated rings. The van der Waals surface area contributed by atoms with Gasteiger partial charge in [0.2, 0.25) is 0 Å². The van der Waals surface area contributed by atoms with Crippen LogP contribution in [-0.2, 0) is 4.79 Å². The van der Waals surface area contributed by atoms with Crippen molar-refractivity contribution in [2.45, 2.75) is 27.7 Å². The minimum Gasteiger partial charge on any atom is -0.478 e. The van der Waals surface area contributed by atoms with Crippen LogP contribution in [0.2, 0.25) is 0 Å². The molecule has 0 unspecified atom stereocenters. The molecular formula is C16H21NO4. The first kappa shape index (κ1) is 16.9. The van der Waals surface area contributed by atoms with Crippen LogP contribution in [-0.4, -0.2) is 40.8 Å². The van der Waals surface area contributed by atoms with Crippen LogP contribution in [0.15, 0.2) is 24.3 Å². The van der Waals surface area contributed by atoms with E-state index in [0.29, 0.717) is 6.54 Å². The lowest BCUT2D eigenvalue weighted by Gasteiger charge is -2.25. The van der Waals surface area contributed by atoms with Crippen LogP contribution in [0.3, 0.4) is 0 Å². The molecule has 0 radical (unpaired) electrons.